The van der Waals surface area contributed by atoms with Gasteiger partial charge in [0.05, 0.1) is 17.9 Å². The summed E-state index contributed by atoms with van der Waals surface area (Å²) >= 11 is 5.88. The van der Waals surface area contributed by atoms with Crippen LogP contribution in [0.1, 0.15) is 18.0 Å². The number of nitrogens with one attached hydrogen (secondary N) is 2. The van der Waals surface area contributed by atoms with E-state index in [-0.39, 0.29) is 42.0 Å². The van der Waals surface area contributed by atoms with Gasteiger partial charge in [-0.1, -0.05) is 54.1 Å². The fraction of sp³-hybridized carbons (Fsp3) is 0.292. The number of fused-ring (bicyclic) bond motifs is 5. The lowest BCUT2D eigenvalue weighted by Gasteiger charge is -2.28. The number of carbonyl (C=O) groups is 3. The largest absolute Gasteiger partial charge is 0.335 e. The lowest BCUT2D eigenvalue weighted by Crippen LogP contribution is -2.43. The molecule has 5 rings (SSSR count). The van der Waals surface area contributed by atoms with Gasteiger partial charge >= 0.3 is 6.03 Å². The predicted molar refractivity (Wildman–Crippen MR) is 117 cm³/mol. The van der Waals surface area contributed by atoms with E-state index in [1.54, 1.807) is 24.3 Å². The van der Waals surface area contributed by atoms with Crippen LogP contribution in [-0.4, -0.2) is 29.3 Å². The first kappa shape index (κ1) is 19.8. The molecule has 1 heterocycles. The summed E-state index contributed by atoms with van der Waals surface area (Å²) in [6.07, 6.45) is 5.05. The summed E-state index contributed by atoms with van der Waals surface area (Å²) in [6, 6.07) is 15.2. The number of halogens is 1. The summed E-state index contributed by atoms with van der Waals surface area (Å²) in [7, 11) is 0. The Hall–Kier alpha value is -3.12. The van der Waals surface area contributed by atoms with E-state index in [4.69, 9.17) is 11.6 Å². The molecule has 0 spiro atoms. The third-order valence-electron chi connectivity index (χ3n) is 6.56. The molecule has 0 radical (unpaired) electrons. The molecule has 3 aliphatic rings. The van der Waals surface area contributed by atoms with E-state index in [0.717, 1.165) is 12.0 Å². The lowest BCUT2D eigenvalue weighted by atomic mass is 9.85. The van der Waals surface area contributed by atoms with Crippen LogP contribution in [0.15, 0.2) is 66.7 Å². The van der Waals surface area contributed by atoms with Gasteiger partial charge in [0.25, 0.3) is 0 Å². The molecule has 1 saturated carbocycles. The van der Waals surface area contributed by atoms with Crippen molar-refractivity contribution in [2.45, 2.75) is 12.5 Å². The number of anilines is 1. The zero-order valence-electron chi connectivity index (χ0n) is 16.7. The van der Waals surface area contributed by atoms with Gasteiger partial charge in [-0.15, -0.1) is 0 Å². The molecule has 6 nitrogen and oxygen atoms in total. The maximum atomic E-state index is 13.3. The molecule has 2 aliphatic carbocycles. The number of allylic oxidation sites excluding steroid dienone is 2. The Morgan fingerprint density at radius 2 is 1.58 bits per heavy atom. The van der Waals surface area contributed by atoms with Gasteiger partial charge in [0, 0.05) is 17.3 Å². The summed E-state index contributed by atoms with van der Waals surface area (Å²) < 4.78 is 0. The first-order valence-electron chi connectivity index (χ1n) is 10.4. The van der Waals surface area contributed by atoms with E-state index in [1.807, 2.05) is 30.3 Å². The van der Waals surface area contributed by atoms with Crippen LogP contribution in [-0.2, 0) is 9.59 Å². The Morgan fingerprint density at radius 3 is 2.19 bits per heavy atom. The number of imide groups is 1. The Kier molecular flexibility index (Phi) is 5.02. The lowest BCUT2D eigenvalue weighted by molar-refractivity contribution is -0.143. The van der Waals surface area contributed by atoms with Crippen molar-refractivity contribution in [3.8, 4) is 0 Å². The minimum Gasteiger partial charge on any atom is -0.335 e. The first-order chi connectivity index (χ1) is 15.0. The molecule has 5 atom stereocenters. The van der Waals surface area contributed by atoms with Gasteiger partial charge in [0.2, 0.25) is 11.8 Å². The quantitative estimate of drug-likeness (QED) is 0.550. The molecule has 2 fully saturated rings. The van der Waals surface area contributed by atoms with Crippen LogP contribution in [0.3, 0.4) is 0 Å². The highest BCUT2D eigenvalue weighted by Gasteiger charge is 2.60. The van der Waals surface area contributed by atoms with E-state index >= 15 is 0 Å². The minimum absolute atomic E-state index is 0.124. The number of hydrogen-bond acceptors (Lipinski definition) is 3. The Balaban J connectivity index is 1.35. The third kappa shape index (κ3) is 3.51. The summed E-state index contributed by atoms with van der Waals surface area (Å²) in [5, 5.41) is 6.15. The molecular weight excluding hydrogens is 414 g/mol. The summed E-state index contributed by atoms with van der Waals surface area (Å²) in [5.41, 5.74) is 1.42. The standard InChI is InChI=1S/C24H22ClN3O3/c25-17-8-10-18(11-9-17)27-24(31)26-13-19(14-4-2-1-3-5-14)28-22(29)20-15-6-7-16(12-15)21(20)23(28)30/h1-11,15-16,19-21H,12-13H2,(H2,26,27,31). The van der Waals surface area contributed by atoms with E-state index in [9.17, 15) is 14.4 Å². The third-order valence-corrected chi connectivity index (χ3v) is 6.81. The van der Waals surface area contributed by atoms with Crippen molar-refractivity contribution >= 4 is 35.1 Å². The topological polar surface area (TPSA) is 78.5 Å². The molecule has 1 saturated heterocycles. The van der Waals surface area contributed by atoms with Crippen LogP contribution in [0.4, 0.5) is 10.5 Å². The molecule has 158 valence electrons. The van der Waals surface area contributed by atoms with E-state index < -0.39 is 12.1 Å². The normalized spacial score (nSPS) is 26.8. The first-order valence-corrected chi connectivity index (χ1v) is 10.8. The molecule has 2 aromatic carbocycles. The number of hydrogen-bond donors (Lipinski definition) is 2. The Bertz CT molecular complexity index is 1020. The molecule has 2 aromatic rings. The molecule has 7 heteroatoms. The molecule has 2 bridgehead atoms. The van der Waals surface area contributed by atoms with Gasteiger partial charge < -0.3 is 10.6 Å². The SMILES string of the molecule is O=C(NCC(c1ccccc1)N1C(=O)C2C3C=CC(C3)C2C1=O)Nc1ccc(Cl)cc1. The second kappa shape index (κ2) is 7.85. The number of rotatable bonds is 5. The molecule has 5 unspecified atom stereocenters. The van der Waals surface area contributed by atoms with E-state index in [2.05, 4.69) is 22.8 Å². The minimum atomic E-state index is -0.554. The van der Waals surface area contributed by atoms with Crippen molar-refractivity contribution in [3.05, 3.63) is 77.3 Å². The Labute approximate surface area is 185 Å². The van der Waals surface area contributed by atoms with Crippen LogP contribution in [0.5, 0.6) is 0 Å². The highest BCUT2D eigenvalue weighted by atomic mass is 35.5. The summed E-state index contributed by atoms with van der Waals surface area (Å²) in [6.45, 7) is 0.128. The van der Waals surface area contributed by atoms with Crippen molar-refractivity contribution in [2.75, 3.05) is 11.9 Å². The number of likely N-dealkylation sites (tertiary alicyclic amines) is 1. The molecule has 0 aromatic heterocycles. The van der Waals surface area contributed by atoms with Crippen LogP contribution in [0, 0.1) is 23.7 Å². The van der Waals surface area contributed by atoms with Crippen molar-refractivity contribution in [1.29, 1.82) is 0 Å². The van der Waals surface area contributed by atoms with Gasteiger partial charge in [-0.2, -0.15) is 0 Å². The number of amides is 4. The highest BCUT2D eigenvalue weighted by Crippen LogP contribution is 2.53. The van der Waals surface area contributed by atoms with E-state index in [0.29, 0.717) is 10.7 Å². The average molecular weight is 436 g/mol. The Morgan fingerprint density at radius 1 is 0.968 bits per heavy atom. The maximum Gasteiger partial charge on any atom is 0.319 e. The van der Waals surface area contributed by atoms with Gasteiger partial charge in [-0.3, -0.25) is 14.5 Å². The second-order valence-electron chi connectivity index (χ2n) is 8.31. The molecule has 1 aliphatic heterocycles. The van der Waals surface area contributed by atoms with Crippen LogP contribution >= 0.6 is 11.6 Å². The fourth-order valence-electron chi connectivity index (χ4n) is 5.16. The molecule has 31 heavy (non-hydrogen) atoms. The molecule has 2 N–H and O–H groups in total. The van der Waals surface area contributed by atoms with Crippen LogP contribution in [0.25, 0.3) is 0 Å². The molecular formula is C24H22ClN3O3. The van der Waals surface area contributed by atoms with Crippen molar-refractivity contribution < 1.29 is 14.4 Å². The zero-order valence-corrected chi connectivity index (χ0v) is 17.5. The number of benzene rings is 2. The fourth-order valence-corrected chi connectivity index (χ4v) is 5.29. The summed E-state index contributed by atoms with van der Waals surface area (Å²) in [5.74, 6) is -0.488. The number of nitrogens with zero attached hydrogens (tertiary/aromatic N) is 1. The van der Waals surface area contributed by atoms with Gasteiger partial charge in [0.15, 0.2) is 0 Å². The number of urea groups is 1. The van der Waals surface area contributed by atoms with Crippen LogP contribution < -0.4 is 10.6 Å². The zero-order chi connectivity index (χ0) is 21.5. The smallest absolute Gasteiger partial charge is 0.319 e. The monoisotopic (exact) mass is 435 g/mol. The average Bonchev–Trinajstić information content (AvgIpc) is 3.46. The second-order valence-corrected chi connectivity index (χ2v) is 8.75. The van der Waals surface area contributed by atoms with Crippen molar-refractivity contribution in [3.63, 3.8) is 0 Å². The summed E-state index contributed by atoms with van der Waals surface area (Å²) in [4.78, 5) is 40.5. The predicted octanol–water partition coefficient (Wildman–Crippen LogP) is 4.01. The van der Waals surface area contributed by atoms with Gasteiger partial charge in [-0.05, 0) is 48.1 Å². The van der Waals surface area contributed by atoms with E-state index in [1.165, 1.54) is 4.90 Å². The van der Waals surface area contributed by atoms with Crippen LogP contribution in [0.2, 0.25) is 5.02 Å². The van der Waals surface area contributed by atoms with Gasteiger partial charge in [-0.25, -0.2) is 4.79 Å². The maximum absolute atomic E-state index is 13.3. The highest BCUT2D eigenvalue weighted by molar-refractivity contribution is 6.30. The number of carbonyl (C=O) groups excluding carboxylic acids is 3. The van der Waals surface area contributed by atoms with Crippen molar-refractivity contribution in [1.82, 2.24) is 10.2 Å². The van der Waals surface area contributed by atoms with Crippen molar-refractivity contribution in [2.24, 2.45) is 23.7 Å². The molecule has 4 amide bonds. The van der Waals surface area contributed by atoms with Gasteiger partial charge in [0.1, 0.15) is 0 Å².